The second-order valence-corrected chi connectivity index (χ2v) is 8.46. The number of amides is 1. The van der Waals surface area contributed by atoms with E-state index >= 15 is 0 Å². The molecule has 0 atom stereocenters. The summed E-state index contributed by atoms with van der Waals surface area (Å²) in [7, 11) is -0.580. The lowest BCUT2D eigenvalue weighted by atomic mass is 9.77. The van der Waals surface area contributed by atoms with Gasteiger partial charge in [-0.2, -0.15) is 0 Å². The first-order valence-corrected chi connectivity index (χ1v) is 10.1. The standard InChI is InChI=1S/C23H29BN2O4/c1-17-11-12-25-14-19(17)13-20(24-29-22(2,3)23(4,5)30-24)15-26-21(27)28-16-18-9-7-6-8-10-18/h6-14H,15-16H2,1-5H3,(H,26,27). The van der Waals surface area contributed by atoms with Crippen molar-refractivity contribution < 1.29 is 18.8 Å². The molecule has 0 aliphatic carbocycles. The molecular formula is C23H29BN2O4. The van der Waals surface area contributed by atoms with Crippen LogP contribution in [0, 0.1) is 6.92 Å². The average molecular weight is 408 g/mol. The lowest BCUT2D eigenvalue weighted by Crippen LogP contribution is -2.41. The molecule has 158 valence electrons. The zero-order valence-electron chi connectivity index (χ0n) is 18.3. The maximum atomic E-state index is 12.3. The minimum absolute atomic E-state index is 0.212. The van der Waals surface area contributed by atoms with Gasteiger partial charge in [-0.3, -0.25) is 4.98 Å². The van der Waals surface area contributed by atoms with Gasteiger partial charge in [-0.25, -0.2) is 4.79 Å². The first kappa shape index (κ1) is 22.1. The summed E-state index contributed by atoms with van der Waals surface area (Å²) in [6, 6.07) is 11.5. The van der Waals surface area contributed by atoms with Gasteiger partial charge in [-0.15, -0.1) is 0 Å². The number of aryl methyl sites for hydroxylation is 1. The monoisotopic (exact) mass is 408 g/mol. The first-order valence-electron chi connectivity index (χ1n) is 10.1. The van der Waals surface area contributed by atoms with Crippen LogP contribution in [0.4, 0.5) is 4.79 Å². The molecular weight excluding hydrogens is 379 g/mol. The van der Waals surface area contributed by atoms with Crippen molar-refractivity contribution in [3.05, 3.63) is 71.0 Å². The van der Waals surface area contributed by atoms with Gasteiger partial charge in [0.25, 0.3) is 0 Å². The molecule has 1 fully saturated rings. The van der Waals surface area contributed by atoms with E-state index in [1.165, 1.54) is 0 Å². The topological polar surface area (TPSA) is 69.7 Å². The van der Waals surface area contributed by atoms with Gasteiger partial charge in [-0.05, 0) is 62.8 Å². The van der Waals surface area contributed by atoms with E-state index in [0.29, 0.717) is 0 Å². The van der Waals surface area contributed by atoms with Crippen LogP contribution < -0.4 is 5.32 Å². The largest absolute Gasteiger partial charge is 0.492 e. The highest BCUT2D eigenvalue weighted by Crippen LogP contribution is 2.38. The summed E-state index contributed by atoms with van der Waals surface area (Å²) in [6.45, 7) is 10.5. The molecule has 1 aliphatic rings. The SMILES string of the molecule is Cc1ccncc1C=C(CNC(=O)OCc1ccccc1)B1OC(C)(C)C(C)(C)O1. The van der Waals surface area contributed by atoms with Crippen molar-refractivity contribution in [2.75, 3.05) is 6.54 Å². The zero-order valence-corrected chi connectivity index (χ0v) is 18.3. The second kappa shape index (κ2) is 9.02. The van der Waals surface area contributed by atoms with E-state index in [4.69, 9.17) is 14.0 Å². The molecule has 1 saturated heterocycles. The maximum Gasteiger partial charge on any atom is 0.492 e. The van der Waals surface area contributed by atoms with Crippen LogP contribution in [0.1, 0.15) is 44.4 Å². The number of hydrogen-bond donors (Lipinski definition) is 1. The van der Waals surface area contributed by atoms with Crippen LogP contribution >= 0.6 is 0 Å². The number of ether oxygens (including phenoxy) is 1. The molecule has 0 unspecified atom stereocenters. The van der Waals surface area contributed by atoms with Crippen molar-refractivity contribution >= 4 is 19.3 Å². The molecule has 2 aromatic rings. The molecule has 6 nitrogen and oxygen atoms in total. The molecule has 1 aromatic carbocycles. The first-order chi connectivity index (χ1) is 14.2. The highest BCUT2D eigenvalue weighted by Gasteiger charge is 2.52. The molecule has 30 heavy (non-hydrogen) atoms. The Kier molecular flexibility index (Phi) is 6.63. The van der Waals surface area contributed by atoms with Crippen molar-refractivity contribution in [2.45, 2.75) is 52.4 Å². The van der Waals surface area contributed by atoms with Crippen molar-refractivity contribution in [1.82, 2.24) is 10.3 Å². The number of carbonyl (C=O) groups excluding carboxylic acids is 1. The fraction of sp³-hybridized carbons (Fsp3) is 0.391. The Labute approximate surface area is 178 Å². The third-order valence-electron chi connectivity index (χ3n) is 5.63. The van der Waals surface area contributed by atoms with Crippen molar-refractivity contribution in [3.63, 3.8) is 0 Å². The van der Waals surface area contributed by atoms with E-state index in [0.717, 1.165) is 22.2 Å². The van der Waals surface area contributed by atoms with E-state index < -0.39 is 24.4 Å². The maximum absolute atomic E-state index is 12.3. The van der Waals surface area contributed by atoms with E-state index in [-0.39, 0.29) is 13.2 Å². The highest BCUT2D eigenvalue weighted by atomic mass is 16.7. The fourth-order valence-electron chi connectivity index (χ4n) is 2.97. The number of aromatic nitrogens is 1. The van der Waals surface area contributed by atoms with Gasteiger partial charge in [-0.1, -0.05) is 36.4 Å². The number of alkyl carbamates (subject to hydrolysis) is 1. The normalized spacial score (nSPS) is 17.6. The van der Waals surface area contributed by atoms with Gasteiger partial charge >= 0.3 is 13.2 Å². The Morgan fingerprint density at radius 3 is 2.43 bits per heavy atom. The minimum Gasteiger partial charge on any atom is -0.445 e. The quantitative estimate of drug-likeness (QED) is 0.721. The minimum atomic E-state index is -0.580. The Hall–Kier alpha value is -2.64. The van der Waals surface area contributed by atoms with E-state index in [2.05, 4.69) is 10.3 Å². The third kappa shape index (κ3) is 5.29. The lowest BCUT2D eigenvalue weighted by Gasteiger charge is -2.32. The number of benzene rings is 1. The van der Waals surface area contributed by atoms with Gasteiger partial charge in [0.2, 0.25) is 0 Å². The summed E-state index contributed by atoms with van der Waals surface area (Å²) < 4.78 is 17.7. The smallest absolute Gasteiger partial charge is 0.445 e. The van der Waals surface area contributed by atoms with Crippen LogP contribution in [-0.4, -0.2) is 35.9 Å². The number of rotatable bonds is 6. The van der Waals surface area contributed by atoms with Gasteiger partial charge in [0.05, 0.1) is 11.2 Å². The lowest BCUT2D eigenvalue weighted by molar-refractivity contribution is 0.00578. The number of pyridine rings is 1. The summed E-state index contributed by atoms with van der Waals surface area (Å²) in [5, 5.41) is 2.81. The highest BCUT2D eigenvalue weighted by molar-refractivity contribution is 6.56. The van der Waals surface area contributed by atoms with Crippen LogP contribution in [0.5, 0.6) is 0 Å². The van der Waals surface area contributed by atoms with Crippen molar-refractivity contribution in [1.29, 1.82) is 0 Å². The summed E-state index contributed by atoms with van der Waals surface area (Å²) >= 11 is 0. The molecule has 3 rings (SSSR count). The summed E-state index contributed by atoms with van der Waals surface area (Å²) in [5.41, 5.74) is 2.79. The predicted molar refractivity (Wildman–Crippen MR) is 118 cm³/mol. The molecule has 1 aromatic heterocycles. The summed E-state index contributed by atoms with van der Waals surface area (Å²) in [4.78, 5) is 16.5. The molecule has 2 heterocycles. The van der Waals surface area contributed by atoms with Gasteiger partial charge < -0.3 is 19.4 Å². The molecule has 1 amide bonds. The van der Waals surface area contributed by atoms with Crippen LogP contribution in [0.25, 0.3) is 6.08 Å². The molecule has 0 radical (unpaired) electrons. The molecule has 1 N–H and O–H groups in total. The van der Waals surface area contributed by atoms with E-state index in [9.17, 15) is 4.79 Å². The Morgan fingerprint density at radius 1 is 1.13 bits per heavy atom. The van der Waals surface area contributed by atoms with E-state index in [1.807, 2.05) is 77.1 Å². The van der Waals surface area contributed by atoms with Crippen molar-refractivity contribution in [3.8, 4) is 0 Å². The summed E-state index contributed by atoms with van der Waals surface area (Å²) in [6.07, 6.45) is 5.00. The number of hydrogen-bond acceptors (Lipinski definition) is 5. The second-order valence-electron chi connectivity index (χ2n) is 8.46. The van der Waals surface area contributed by atoms with Gasteiger partial charge in [0.1, 0.15) is 6.61 Å². The van der Waals surface area contributed by atoms with Crippen LogP contribution in [0.15, 0.2) is 54.3 Å². The zero-order chi connectivity index (χ0) is 21.8. The fourth-order valence-corrected chi connectivity index (χ4v) is 2.97. The Morgan fingerprint density at radius 2 is 1.80 bits per heavy atom. The van der Waals surface area contributed by atoms with Crippen LogP contribution in [0.2, 0.25) is 0 Å². The molecule has 1 aliphatic heterocycles. The number of nitrogens with one attached hydrogen (secondary N) is 1. The number of carbonyl (C=O) groups is 1. The summed E-state index contributed by atoms with van der Waals surface area (Å²) in [5.74, 6) is 0. The molecule has 7 heteroatoms. The molecule has 0 bridgehead atoms. The van der Waals surface area contributed by atoms with Crippen LogP contribution in [0.3, 0.4) is 0 Å². The van der Waals surface area contributed by atoms with E-state index in [1.54, 1.807) is 12.4 Å². The molecule has 0 saturated carbocycles. The Balaban J connectivity index is 1.72. The average Bonchev–Trinajstić information content (AvgIpc) is 2.92. The third-order valence-corrected chi connectivity index (χ3v) is 5.63. The van der Waals surface area contributed by atoms with Crippen molar-refractivity contribution in [2.24, 2.45) is 0 Å². The van der Waals surface area contributed by atoms with Gasteiger partial charge in [0.15, 0.2) is 0 Å². The Bertz CT molecular complexity index is 896. The predicted octanol–water partition coefficient (Wildman–Crippen LogP) is 4.33. The van der Waals surface area contributed by atoms with Gasteiger partial charge in [0, 0.05) is 18.9 Å². The molecule has 0 spiro atoms. The van der Waals surface area contributed by atoms with Crippen LogP contribution in [-0.2, 0) is 20.7 Å². The number of nitrogens with zero attached hydrogens (tertiary/aromatic N) is 1.